The maximum atomic E-state index is 11.9. The van der Waals surface area contributed by atoms with Crippen molar-refractivity contribution in [2.75, 3.05) is 7.05 Å². The van der Waals surface area contributed by atoms with Crippen LogP contribution in [0.2, 0.25) is 0 Å². The summed E-state index contributed by atoms with van der Waals surface area (Å²) in [5.41, 5.74) is 0.143. The molecule has 3 nitrogen and oxygen atoms in total. The second-order valence-electron chi connectivity index (χ2n) is 7.58. The van der Waals surface area contributed by atoms with Crippen molar-refractivity contribution in [3.63, 3.8) is 0 Å². The Balaban J connectivity index is 2.76. The monoisotopic (exact) mass is 281 g/mol. The highest BCUT2D eigenvalue weighted by Crippen LogP contribution is 2.41. The highest BCUT2D eigenvalue weighted by atomic mass is 16.1. The summed E-state index contributed by atoms with van der Waals surface area (Å²) in [6.45, 7) is 12.3. The number of hydrogen-bond acceptors (Lipinski definition) is 3. The second-order valence-corrected chi connectivity index (χ2v) is 7.58. The third-order valence-corrected chi connectivity index (χ3v) is 5.23. The molecule has 0 amide bonds. The zero-order valence-corrected chi connectivity index (χ0v) is 14.2. The number of carbonyl (C=O) groups excluding carboxylic acids is 2. The lowest BCUT2D eigenvalue weighted by atomic mass is 9.77. The fourth-order valence-electron chi connectivity index (χ4n) is 3.76. The molecule has 1 fully saturated rings. The molecule has 0 radical (unpaired) electrons. The molecule has 0 bridgehead atoms. The summed E-state index contributed by atoms with van der Waals surface area (Å²) in [7, 11) is 2.08. The number of rotatable bonds is 6. The number of likely N-dealkylation sites (N-methyl/N-ethyl adjacent to an activating group) is 1. The van der Waals surface area contributed by atoms with Crippen LogP contribution in [0.25, 0.3) is 0 Å². The van der Waals surface area contributed by atoms with E-state index in [9.17, 15) is 9.59 Å². The van der Waals surface area contributed by atoms with Gasteiger partial charge in [-0.05, 0) is 51.0 Å². The maximum absolute atomic E-state index is 11.9. The topological polar surface area (TPSA) is 37.4 Å². The maximum Gasteiger partial charge on any atom is 0.147 e. The van der Waals surface area contributed by atoms with E-state index in [1.165, 1.54) is 0 Å². The van der Waals surface area contributed by atoms with Gasteiger partial charge in [-0.25, -0.2) is 0 Å². The molecule has 0 aromatic heterocycles. The first-order valence-electron chi connectivity index (χ1n) is 7.78. The van der Waals surface area contributed by atoms with E-state index in [-0.39, 0.29) is 23.0 Å². The Hall–Kier alpha value is -0.700. The zero-order valence-electron chi connectivity index (χ0n) is 14.2. The Morgan fingerprint density at radius 2 is 1.65 bits per heavy atom. The lowest BCUT2D eigenvalue weighted by Crippen LogP contribution is -2.40. The van der Waals surface area contributed by atoms with Crippen molar-refractivity contribution >= 4 is 11.6 Å². The van der Waals surface area contributed by atoms with Gasteiger partial charge >= 0.3 is 0 Å². The van der Waals surface area contributed by atoms with Crippen LogP contribution in [0.1, 0.15) is 60.8 Å². The Bertz CT molecular complexity index is 375. The summed E-state index contributed by atoms with van der Waals surface area (Å²) < 4.78 is 0. The third-order valence-electron chi connectivity index (χ3n) is 5.23. The molecule has 0 saturated carbocycles. The molecule has 4 unspecified atom stereocenters. The summed E-state index contributed by atoms with van der Waals surface area (Å²) in [6, 6.07) is 0.486. The van der Waals surface area contributed by atoms with Gasteiger partial charge in [0.15, 0.2) is 0 Å². The first kappa shape index (κ1) is 17.4. The standard InChI is InChI=1S/C17H31NO2/c1-11(19)8-9-17(5,6)10-15-12(2)13(3)16(14(4)20)18(15)7/h12-13,15-16H,8-10H2,1-7H3. The molecule has 116 valence electrons. The number of hydrogen-bond donors (Lipinski definition) is 0. The van der Waals surface area contributed by atoms with E-state index >= 15 is 0 Å². The van der Waals surface area contributed by atoms with Crippen LogP contribution in [0, 0.1) is 17.3 Å². The van der Waals surface area contributed by atoms with Crippen molar-refractivity contribution in [1.82, 2.24) is 4.90 Å². The normalized spacial score (nSPS) is 31.6. The zero-order chi connectivity index (χ0) is 15.7. The van der Waals surface area contributed by atoms with Crippen LogP contribution >= 0.6 is 0 Å². The summed E-state index contributed by atoms with van der Waals surface area (Å²) in [5.74, 6) is 1.47. The first-order valence-corrected chi connectivity index (χ1v) is 7.78. The minimum absolute atomic E-state index is 0.0543. The SMILES string of the molecule is CC(=O)CCC(C)(C)CC1C(C)C(C)C(C(C)=O)N1C. The molecule has 20 heavy (non-hydrogen) atoms. The van der Waals surface area contributed by atoms with E-state index in [0.717, 1.165) is 12.8 Å². The quantitative estimate of drug-likeness (QED) is 0.749. The van der Waals surface area contributed by atoms with Crippen LogP contribution in [0.4, 0.5) is 0 Å². The largest absolute Gasteiger partial charge is 0.300 e. The van der Waals surface area contributed by atoms with Crippen LogP contribution in [-0.2, 0) is 9.59 Å². The van der Waals surface area contributed by atoms with E-state index in [4.69, 9.17) is 0 Å². The van der Waals surface area contributed by atoms with E-state index < -0.39 is 0 Å². The Morgan fingerprint density at radius 3 is 2.05 bits per heavy atom. The fourth-order valence-corrected chi connectivity index (χ4v) is 3.76. The number of nitrogens with zero attached hydrogens (tertiary/aromatic N) is 1. The van der Waals surface area contributed by atoms with Crippen LogP contribution in [-0.4, -0.2) is 35.6 Å². The van der Waals surface area contributed by atoms with Gasteiger partial charge in [-0.2, -0.15) is 0 Å². The van der Waals surface area contributed by atoms with Crippen molar-refractivity contribution in [1.29, 1.82) is 0 Å². The third kappa shape index (κ3) is 3.91. The molecular formula is C17H31NO2. The summed E-state index contributed by atoms with van der Waals surface area (Å²) in [4.78, 5) is 25.3. The molecule has 1 saturated heterocycles. The minimum Gasteiger partial charge on any atom is -0.300 e. The highest BCUT2D eigenvalue weighted by molar-refractivity contribution is 5.82. The second kappa shape index (κ2) is 6.38. The predicted octanol–water partition coefficient (Wildman–Crippen LogP) is 3.32. The molecule has 1 aliphatic rings. The Morgan fingerprint density at radius 1 is 1.10 bits per heavy atom. The van der Waals surface area contributed by atoms with Crippen molar-refractivity contribution in [2.24, 2.45) is 17.3 Å². The van der Waals surface area contributed by atoms with E-state index in [0.29, 0.717) is 24.3 Å². The van der Waals surface area contributed by atoms with Gasteiger partial charge in [-0.15, -0.1) is 0 Å². The minimum atomic E-state index is 0.0543. The van der Waals surface area contributed by atoms with E-state index in [2.05, 4.69) is 39.6 Å². The van der Waals surface area contributed by atoms with Gasteiger partial charge in [0.1, 0.15) is 11.6 Å². The molecule has 4 atom stereocenters. The van der Waals surface area contributed by atoms with Gasteiger partial charge in [0, 0.05) is 12.5 Å². The lowest BCUT2D eigenvalue weighted by Gasteiger charge is -2.34. The van der Waals surface area contributed by atoms with Crippen molar-refractivity contribution < 1.29 is 9.59 Å². The average Bonchev–Trinajstić information content (AvgIpc) is 2.51. The van der Waals surface area contributed by atoms with E-state index in [1.54, 1.807) is 13.8 Å². The summed E-state index contributed by atoms with van der Waals surface area (Å²) in [5, 5.41) is 0. The molecule has 0 N–H and O–H groups in total. The van der Waals surface area contributed by atoms with Gasteiger partial charge in [0.25, 0.3) is 0 Å². The molecule has 0 aliphatic carbocycles. The first-order chi connectivity index (χ1) is 9.07. The van der Waals surface area contributed by atoms with Gasteiger partial charge in [0.2, 0.25) is 0 Å². The molecule has 1 heterocycles. The van der Waals surface area contributed by atoms with Gasteiger partial charge in [0.05, 0.1) is 6.04 Å². The van der Waals surface area contributed by atoms with Crippen LogP contribution < -0.4 is 0 Å². The molecule has 0 aromatic carbocycles. The molecule has 0 aromatic rings. The van der Waals surface area contributed by atoms with Crippen LogP contribution in [0.5, 0.6) is 0 Å². The van der Waals surface area contributed by atoms with Crippen LogP contribution in [0.3, 0.4) is 0 Å². The summed E-state index contributed by atoms with van der Waals surface area (Å²) in [6.07, 6.45) is 2.63. The number of carbonyl (C=O) groups is 2. The smallest absolute Gasteiger partial charge is 0.147 e. The predicted molar refractivity (Wildman–Crippen MR) is 82.7 cm³/mol. The van der Waals surface area contributed by atoms with Gasteiger partial charge < -0.3 is 4.79 Å². The van der Waals surface area contributed by atoms with Crippen LogP contribution in [0.15, 0.2) is 0 Å². The summed E-state index contributed by atoms with van der Waals surface area (Å²) >= 11 is 0. The van der Waals surface area contributed by atoms with Gasteiger partial charge in [-0.1, -0.05) is 27.7 Å². The van der Waals surface area contributed by atoms with Crippen molar-refractivity contribution in [3.8, 4) is 0 Å². The van der Waals surface area contributed by atoms with Crippen molar-refractivity contribution in [3.05, 3.63) is 0 Å². The molecular weight excluding hydrogens is 250 g/mol. The Kier molecular flexibility index (Phi) is 5.54. The Labute approximate surface area is 124 Å². The molecule has 3 heteroatoms. The number of Topliss-reactive ketones (excluding diaryl/α,β-unsaturated/α-hetero) is 2. The lowest BCUT2D eigenvalue weighted by molar-refractivity contribution is -0.122. The van der Waals surface area contributed by atoms with Crippen molar-refractivity contribution in [2.45, 2.75) is 72.9 Å². The molecule has 1 aliphatic heterocycles. The van der Waals surface area contributed by atoms with Gasteiger partial charge in [-0.3, -0.25) is 9.69 Å². The number of likely N-dealkylation sites (tertiary alicyclic amines) is 1. The van der Waals surface area contributed by atoms with E-state index in [1.807, 2.05) is 0 Å². The number of ketones is 2. The molecule has 0 spiro atoms. The average molecular weight is 281 g/mol. The highest BCUT2D eigenvalue weighted by Gasteiger charge is 2.45. The molecule has 1 rings (SSSR count). The fraction of sp³-hybridized carbons (Fsp3) is 0.882.